The molecule has 1 saturated heterocycles. The summed E-state index contributed by atoms with van der Waals surface area (Å²) in [5, 5.41) is 3.16. The van der Waals surface area contributed by atoms with Gasteiger partial charge in [0, 0.05) is 18.3 Å². The van der Waals surface area contributed by atoms with E-state index >= 15 is 0 Å². The monoisotopic (exact) mass is 449 g/mol. The molecule has 1 saturated carbocycles. The van der Waals surface area contributed by atoms with Crippen LogP contribution in [0.25, 0.3) is 0 Å². The number of carbonyl (C=O) groups excluding carboxylic acids is 2. The van der Waals surface area contributed by atoms with Crippen LogP contribution in [0.15, 0.2) is 24.3 Å². The van der Waals surface area contributed by atoms with E-state index in [-0.39, 0.29) is 36.7 Å². The van der Waals surface area contributed by atoms with Gasteiger partial charge in [-0.15, -0.1) is 0 Å². The average molecular weight is 450 g/mol. The average Bonchev–Trinajstić information content (AvgIpc) is 3.02. The van der Waals surface area contributed by atoms with Crippen molar-refractivity contribution in [1.82, 2.24) is 9.62 Å². The highest BCUT2D eigenvalue weighted by molar-refractivity contribution is 7.89. The Labute approximate surface area is 186 Å². The summed E-state index contributed by atoms with van der Waals surface area (Å²) in [6.45, 7) is 4.96. The highest BCUT2D eigenvalue weighted by Crippen LogP contribution is 2.33. The normalized spacial score (nSPS) is 24.1. The smallest absolute Gasteiger partial charge is 0.247 e. The minimum atomic E-state index is -3.61. The van der Waals surface area contributed by atoms with Gasteiger partial charge in [-0.3, -0.25) is 14.5 Å². The molecule has 0 radical (unpaired) electrons. The standard InChI is InChI=1S/C23H35N3O4S/c1-4-18-12-10-11-15-20(18)26-21(27)16-25(31(29,30)5-2)17-23(26,3)22(28)24-19-13-8-6-7-9-14-19/h10-12,15,19H,4-9,13-14,16-17H2,1-3H3,(H,24,28)/t23-/m1/s1. The highest BCUT2D eigenvalue weighted by atomic mass is 32.2. The first-order valence-corrected chi connectivity index (χ1v) is 13.0. The third kappa shape index (κ3) is 4.95. The number of nitrogens with zero attached hydrogens (tertiary/aromatic N) is 2. The Morgan fingerprint density at radius 3 is 2.39 bits per heavy atom. The van der Waals surface area contributed by atoms with E-state index in [2.05, 4.69) is 5.32 Å². The Kier molecular flexibility index (Phi) is 7.42. The number of sulfonamides is 1. The second-order valence-corrected chi connectivity index (χ2v) is 11.1. The van der Waals surface area contributed by atoms with Crippen molar-refractivity contribution >= 4 is 27.5 Å². The first kappa shape index (κ1) is 23.7. The summed E-state index contributed by atoms with van der Waals surface area (Å²) in [5.41, 5.74) is 0.313. The SMILES string of the molecule is CCc1ccccc1N1C(=O)CN(S(=O)(=O)CC)C[C@]1(C)C(=O)NC1CCCCCC1. The lowest BCUT2D eigenvalue weighted by atomic mass is 9.92. The molecule has 172 valence electrons. The van der Waals surface area contributed by atoms with Crippen molar-refractivity contribution in [3.63, 3.8) is 0 Å². The van der Waals surface area contributed by atoms with E-state index in [0.717, 1.165) is 31.2 Å². The molecule has 1 atom stereocenters. The van der Waals surface area contributed by atoms with Crippen LogP contribution in [0.4, 0.5) is 5.69 Å². The Bertz CT molecular complexity index is 909. The van der Waals surface area contributed by atoms with E-state index in [9.17, 15) is 18.0 Å². The van der Waals surface area contributed by atoms with Crippen LogP contribution in [-0.2, 0) is 26.0 Å². The van der Waals surface area contributed by atoms with Crippen LogP contribution in [0, 0.1) is 0 Å². The number of aryl methyl sites for hydroxylation is 1. The van der Waals surface area contributed by atoms with E-state index in [1.807, 2.05) is 31.2 Å². The van der Waals surface area contributed by atoms with Crippen LogP contribution in [0.1, 0.15) is 64.9 Å². The van der Waals surface area contributed by atoms with Crippen LogP contribution in [0.5, 0.6) is 0 Å². The van der Waals surface area contributed by atoms with Crippen LogP contribution in [0.2, 0.25) is 0 Å². The number of piperazine rings is 1. The fourth-order valence-electron chi connectivity index (χ4n) is 4.71. The van der Waals surface area contributed by atoms with Crippen molar-refractivity contribution in [2.24, 2.45) is 0 Å². The molecule has 0 aromatic heterocycles. The summed E-state index contributed by atoms with van der Waals surface area (Å²) in [4.78, 5) is 28.5. The zero-order valence-corrected chi connectivity index (χ0v) is 19.7. The zero-order chi connectivity index (χ0) is 22.6. The molecule has 1 aliphatic carbocycles. The number of hydrogen-bond donors (Lipinski definition) is 1. The minimum absolute atomic E-state index is 0.0501. The van der Waals surface area contributed by atoms with Crippen LogP contribution in [-0.4, -0.2) is 55.0 Å². The van der Waals surface area contributed by atoms with Gasteiger partial charge in [-0.05, 0) is 44.7 Å². The number of benzene rings is 1. The summed E-state index contributed by atoms with van der Waals surface area (Å²) in [6.07, 6.45) is 7.01. The summed E-state index contributed by atoms with van der Waals surface area (Å²) in [7, 11) is -3.61. The topological polar surface area (TPSA) is 86.8 Å². The lowest BCUT2D eigenvalue weighted by molar-refractivity contribution is -0.133. The van der Waals surface area contributed by atoms with Crippen molar-refractivity contribution in [1.29, 1.82) is 0 Å². The largest absolute Gasteiger partial charge is 0.351 e. The van der Waals surface area contributed by atoms with Crippen LogP contribution in [0.3, 0.4) is 0 Å². The fourth-order valence-corrected chi connectivity index (χ4v) is 5.83. The quantitative estimate of drug-likeness (QED) is 0.677. The van der Waals surface area contributed by atoms with Crippen molar-refractivity contribution in [2.75, 3.05) is 23.7 Å². The van der Waals surface area contributed by atoms with E-state index in [1.165, 1.54) is 17.1 Å². The van der Waals surface area contributed by atoms with Gasteiger partial charge in [-0.1, -0.05) is 50.8 Å². The van der Waals surface area contributed by atoms with Gasteiger partial charge in [0.25, 0.3) is 0 Å². The van der Waals surface area contributed by atoms with E-state index in [0.29, 0.717) is 12.1 Å². The maximum absolute atomic E-state index is 13.7. The molecule has 0 bridgehead atoms. The van der Waals surface area contributed by atoms with E-state index < -0.39 is 15.6 Å². The number of nitrogens with one attached hydrogen (secondary N) is 1. The van der Waals surface area contributed by atoms with Gasteiger partial charge in [-0.25, -0.2) is 8.42 Å². The predicted octanol–water partition coefficient (Wildman–Crippen LogP) is 2.85. The molecular weight excluding hydrogens is 414 g/mol. The van der Waals surface area contributed by atoms with Gasteiger partial charge in [0.15, 0.2) is 0 Å². The number of anilines is 1. The molecule has 0 unspecified atom stereocenters. The second-order valence-electron chi connectivity index (χ2n) is 8.82. The van der Waals surface area contributed by atoms with Gasteiger partial charge in [0.05, 0.1) is 12.3 Å². The Balaban J connectivity index is 2.01. The molecule has 2 aliphatic rings. The Morgan fingerprint density at radius 1 is 1.13 bits per heavy atom. The maximum Gasteiger partial charge on any atom is 0.247 e. The molecule has 1 aliphatic heterocycles. The summed E-state index contributed by atoms with van der Waals surface area (Å²) >= 11 is 0. The van der Waals surface area contributed by atoms with E-state index in [4.69, 9.17) is 0 Å². The van der Waals surface area contributed by atoms with Crippen LogP contribution < -0.4 is 10.2 Å². The lowest BCUT2D eigenvalue weighted by Gasteiger charge is -2.47. The Morgan fingerprint density at radius 2 is 1.77 bits per heavy atom. The van der Waals surface area contributed by atoms with Crippen molar-refractivity contribution < 1.29 is 18.0 Å². The molecule has 8 heteroatoms. The van der Waals surface area contributed by atoms with E-state index in [1.54, 1.807) is 18.7 Å². The lowest BCUT2D eigenvalue weighted by Crippen LogP contribution is -2.71. The van der Waals surface area contributed by atoms with Crippen molar-refractivity contribution in [2.45, 2.75) is 77.3 Å². The molecule has 7 nitrogen and oxygen atoms in total. The number of carbonyl (C=O) groups is 2. The maximum atomic E-state index is 13.7. The molecule has 31 heavy (non-hydrogen) atoms. The van der Waals surface area contributed by atoms with Gasteiger partial charge in [-0.2, -0.15) is 4.31 Å². The molecule has 1 heterocycles. The third-order valence-electron chi connectivity index (χ3n) is 6.59. The third-order valence-corrected chi connectivity index (χ3v) is 8.36. The molecule has 3 rings (SSSR count). The summed E-state index contributed by atoms with van der Waals surface area (Å²) < 4.78 is 26.4. The van der Waals surface area contributed by atoms with Gasteiger partial charge in [0.1, 0.15) is 5.54 Å². The number of amides is 2. The fraction of sp³-hybridized carbons (Fsp3) is 0.652. The van der Waals surface area contributed by atoms with Gasteiger partial charge in [0.2, 0.25) is 21.8 Å². The highest BCUT2D eigenvalue weighted by Gasteiger charge is 2.51. The van der Waals surface area contributed by atoms with Crippen molar-refractivity contribution in [3.8, 4) is 0 Å². The Hall–Kier alpha value is -1.93. The number of para-hydroxylation sites is 1. The van der Waals surface area contributed by atoms with Gasteiger partial charge >= 0.3 is 0 Å². The van der Waals surface area contributed by atoms with Gasteiger partial charge < -0.3 is 5.32 Å². The molecule has 2 amide bonds. The summed E-state index contributed by atoms with van der Waals surface area (Å²) in [6, 6.07) is 7.61. The molecule has 2 fully saturated rings. The number of rotatable bonds is 6. The summed E-state index contributed by atoms with van der Waals surface area (Å²) in [5.74, 6) is -0.760. The molecule has 1 aromatic rings. The van der Waals surface area contributed by atoms with Crippen LogP contribution >= 0.6 is 0 Å². The first-order valence-electron chi connectivity index (χ1n) is 11.4. The first-order chi connectivity index (χ1) is 14.7. The molecule has 1 aromatic carbocycles. The predicted molar refractivity (Wildman–Crippen MR) is 122 cm³/mol. The number of hydrogen-bond acceptors (Lipinski definition) is 4. The zero-order valence-electron chi connectivity index (χ0n) is 18.9. The molecular formula is C23H35N3O4S. The molecule has 1 N–H and O–H groups in total. The minimum Gasteiger partial charge on any atom is -0.351 e. The molecule has 0 spiro atoms. The van der Waals surface area contributed by atoms with Crippen molar-refractivity contribution in [3.05, 3.63) is 29.8 Å². The second kappa shape index (κ2) is 9.69.